The Bertz CT molecular complexity index is 520. The van der Waals surface area contributed by atoms with Crippen molar-refractivity contribution < 1.29 is 0 Å². The quantitative estimate of drug-likeness (QED) is 0.859. The third kappa shape index (κ3) is 2.39. The Kier molecular flexibility index (Phi) is 3.03. The van der Waals surface area contributed by atoms with E-state index in [2.05, 4.69) is 37.1 Å². The summed E-state index contributed by atoms with van der Waals surface area (Å²) in [4.78, 5) is 0. The van der Waals surface area contributed by atoms with E-state index >= 15 is 0 Å². The lowest BCUT2D eigenvalue weighted by molar-refractivity contribution is 0.756. The molecule has 0 radical (unpaired) electrons. The molecule has 0 saturated carbocycles. The van der Waals surface area contributed by atoms with Gasteiger partial charge in [-0.25, -0.2) is 0 Å². The lowest BCUT2D eigenvalue weighted by Crippen LogP contribution is -2.12. The van der Waals surface area contributed by atoms with Gasteiger partial charge in [0.05, 0.1) is 11.7 Å². The smallest absolute Gasteiger partial charge is 0.0644 e. The highest BCUT2D eigenvalue weighted by atomic mass is 15.2. The fourth-order valence-electron chi connectivity index (χ4n) is 2.29. The lowest BCUT2D eigenvalue weighted by Gasteiger charge is -2.13. The summed E-state index contributed by atoms with van der Waals surface area (Å²) in [6, 6.07) is 6.35. The van der Waals surface area contributed by atoms with Crippen molar-refractivity contribution in [1.82, 2.24) is 9.78 Å². The van der Waals surface area contributed by atoms with Gasteiger partial charge in [-0.05, 0) is 26.3 Å². The van der Waals surface area contributed by atoms with Gasteiger partial charge >= 0.3 is 0 Å². The molecule has 0 aliphatic heterocycles. The van der Waals surface area contributed by atoms with Crippen LogP contribution in [0.3, 0.4) is 0 Å². The van der Waals surface area contributed by atoms with Crippen LogP contribution in [-0.4, -0.2) is 9.78 Å². The number of aryl methyl sites for hydroxylation is 4. The van der Waals surface area contributed by atoms with Gasteiger partial charge in [-0.15, -0.1) is 0 Å². The summed E-state index contributed by atoms with van der Waals surface area (Å²) < 4.78 is 1.81. The van der Waals surface area contributed by atoms with Gasteiger partial charge in [0.1, 0.15) is 0 Å². The first kappa shape index (κ1) is 11.9. The maximum Gasteiger partial charge on any atom is 0.0644 e. The molecule has 1 aromatic heterocycles. The molecule has 2 N–H and O–H groups in total. The predicted molar refractivity (Wildman–Crippen MR) is 69.9 cm³/mol. The highest BCUT2D eigenvalue weighted by Gasteiger charge is 2.14. The minimum Gasteiger partial charge on any atom is -0.320 e. The standard InChI is InChI=1S/C14H19N3/c1-9-5-10(2)7-12(6-9)14(15)13-8-17(4)16-11(13)3/h5-8,14H,15H2,1-4H3. The lowest BCUT2D eigenvalue weighted by atomic mass is 9.97. The van der Waals surface area contributed by atoms with Crippen molar-refractivity contribution in [2.75, 3.05) is 0 Å². The molecule has 0 amide bonds. The second-order valence-corrected chi connectivity index (χ2v) is 4.74. The Hall–Kier alpha value is -1.61. The van der Waals surface area contributed by atoms with E-state index in [1.165, 1.54) is 11.1 Å². The Morgan fingerprint density at radius 3 is 2.18 bits per heavy atom. The minimum atomic E-state index is -0.0951. The van der Waals surface area contributed by atoms with Crippen LogP contribution in [0.2, 0.25) is 0 Å². The fourth-order valence-corrected chi connectivity index (χ4v) is 2.29. The first-order valence-corrected chi connectivity index (χ1v) is 5.81. The van der Waals surface area contributed by atoms with Gasteiger partial charge in [0.2, 0.25) is 0 Å². The molecule has 0 spiro atoms. The van der Waals surface area contributed by atoms with Crippen LogP contribution >= 0.6 is 0 Å². The minimum absolute atomic E-state index is 0.0951. The zero-order valence-electron chi connectivity index (χ0n) is 10.9. The van der Waals surface area contributed by atoms with Crippen LogP contribution in [0.15, 0.2) is 24.4 Å². The summed E-state index contributed by atoms with van der Waals surface area (Å²) in [5.74, 6) is 0. The number of benzene rings is 1. The van der Waals surface area contributed by atoms with Gasteiger partial charge < -0.3 is 5.73 Å². The summed E-state index contributed by atoms with van der Waals surface area (Å²) in [6.45, 7) is 6.19. The molecule has 90 valence electrons. The van der Waals surface area contributed by atoms with Crippen molar-refractivity contribution in [2.45, 2.75) is 26.8 Å². The van der Waals surface area contributed by atoms with Crippen LogP contribution in [0.25, 0.3) is 0 Å². The third-order valence-electron chi connectivity index (χ3n) is 2.99. The normalized spacial score (nSPS) is 12.8. The molecule has 1 atom stereocenters. The zero-order chi connectivity index (χ0) is 12.6. The number of nitrogens with zero attached hydrogens (tertiary/aromatic N) is 2. The molecule has 17 heavy (non-hydrogen) atoms. The molecule has 0 fully saturated rings. The Morgan fingerprint density at radius 2 is 1.71 bits per heavy atom. The van der Waals surface area contributed by atoms with E-state index in [-0.39, 0.29) is 6.04 Å². The molecule has 1 unspecified atom stereocenters. The second kappa shape index (κ2) is 4.34. The first-order valence-electron chi connectivity index (χ1n) is 5.81. The molecule has 0 aliphatic carbocycles. The van der Waals surface area contributed by atoms with E-state index in [9.17, 15) is 0 Å². The molecule has 1 aromatic carbocycles. The van der Waals surface area contributed by atoms with Crippen molar-refractivity contribution in [3.63, 3.8) is 0 Å². The van der Waals surface area contributed by atoms with E-state index in [0.29, 0.717) is 0 Å². The van der Waals surface area contributed by atoms with Crippen molar-refractivity contribution in [2.24, 2.45) is 12.8 Å². The molecule has 3 nitrogen and oxygen atoms in total. The van der Waals surface area contributed by atoms with Crippen molar-refractivity contribution >= 4 is 0 Å². The fraction of sp³-hybridized carbons (Fsp3) is 0.357. The Morgan fingerprint density at radius 1 is 1.12 bits per heavy atom. The van der Waals surface area contributed by atoms with Gasteiger partial charge in [-0.2, -0.15) is 5.10 Å². The van der Waals surface area contributed by atoms with Crippen LogP contribution in [-0.2, 0) is 7.05 Å². The summed E-state index contributed by atoms with van der Waals surface area (Å²) >= 11 is 0. The molecule has 2 aromatic rings. The van der Waals surface area contributed by atoms with E-state index in [1.807, 2.05) is 24.9 Å². The maximum atomic E-state index is 6.31. The zero-order valence-corrected chi connectivity index (χ0v) is 10.9. The number of hydrogen-bond donors (Lipinski definition) is 1. The van der Waals surface area contributed by atoms with Gasteiger partial charge in [0, 0.05) is 18.8 Å². The summed E-state index contributed by atoms with van der Waals surface area (Å²) in [6.07, 6.45) is 2.00. The van der Waals surface area contributed by atoms with Crippen molar-refractivity contribution in [3.05, 3.63) is 52.3 Å². The summed E-state index contributed by atoms with van der Waals surface area (Å²) in [5, 5.41) is 4.34. The molecule has 3 heteroatoms. The molecule has 0 saturated heterocycles. The number of aromatic nitrogens is 2. The highest BCUT2D eigenvalue weighted by molar-refractivity contribution is 5.37. The van der Waals surface area contributed by atoms with Crippen molar-refractivity contribution in [1.29, 1.82) is 0 Å². The van der Waals surface area contributed by atoms with E-state index < -0.39 is 0 Å². The average Bonchev–Trinajstić information content (AvgIpc) is 2.55. The van der Waals surface area contributed by atoms with Crippen molar-refractivity contribution in [3.8, 4) is 0 Å². The van der Waals surface area contributed by atoms with E-state index in [4.69, 9.17) is 5.73 Å². The van der Waals surface area contributed by atoms with Crippen LogP contribution in [0, 0.1) is 20.8 Å². The largest absolute Gasteiger partial charge is 0.320 e. The third-order valence-corrected chi connectivity index (χ3v) is 2.99. The number of hydrogen-bond acceptors (Lipinski definition) is 2. The van der Waals surface area contributed by atoms with Gasteiger partial charge in [-0.3, -0.25) is 4.68 Å². The summed E-state index contributed by atoms with van der Waals surface area (Å²) in [7, 11) is 1.92. The van der Waals surface area contributed by atoms with Gasteiger partial charge in [-0.1, -0.05) is 29.3 Å². The average molecular weight is 229 g/mol. The second-order valence-electron chi connectivity index (χ2n) is 4.74. The van der Waals surface area contributed by atoms with E-state index in [0.717, 1.165) is 16.8 Å². The maximum absolute atomic E-state index is 6.31. The Balaban J connectivity index is 2.43. The molecule has 2 rings (SSSR count). The highest BCUT2D eigenvalue weighted by Crippen LogP contribution is 2.23. The van der Waals surface area contributed by atoms with Gasteiger partial charge in [0.25, 0.3) is 0 Å². The van der Waals surface area contributed by atoms with Crippen LogP contribution in [0.5, 0.6) is 0 Å². The van der Waals surface area contributed by atoms with Gasteiger partial charge in [0.15, 0.2) is 0 Å². The van der Waals surface area contributed by atoms with E-state index in [1.54, 1.807) is 0 Å². The first-order chi connectivity index (χ1) is 7.97. The van der Waals surface area contributed by atoms with Crippen LogP contribution in [0.1, 0.15) is 34.0 Å². The Labute approximate surface area is 102 Å². The topological polar surface area (TPSA) is 43.8 Å². The summed E-state index contributed by atoms with van der Waals surface area (Å²) in [5.41, 5.74) is 12.1. The SMILES string of the molecule is Cc1cc(C)cc(C(N)c2cn(C)nc2C)c1. The van der Waals surface area contributed by atoms with Crippen LogP contribution < -0.4 is 5.73 Å². The molecular formula is C14H19N3. The number of nitrogens with two attached hydrogens (primary N) is 1. The molecule has 0 aliphatic rings. The molecular weight excluding hydrogens is 210 g/mol. The molecule has 1 heterocycles. The monoisotopic (exact) mass is 229 g/mol. The number of rotatable bonds is 2. The van der Waals surface area contributed by atoms with Crippen LogP contribution in [0.4, 0.5) is 0 Å². The molecule has 0 bridgehead atoms. The predicted octanol–water partition coefficient (Wildman–Crippen LogP) is 2.39.